The molecule has 1 amide bonds. The number of benzene rings is 1. The van der Waals surface area contributed by atoms with Gasteiger partial charge in [-0.25, -0.2) is 9.18 Å². The number of carbonyl (C=O) groups excluding carboxylic acids is 1. The smallest absolute Gasteiger partial charge is 0.419 e. The van der Waals surface area contributed by atoms with Gasteiger partial charge >= 0.3 is 12.3 Å². The number of halogens is 4. The third-order valence-electron chi connectivity index (χ3n) is 4.77. The van der Waals surface area contributed by atoms with E-state index in [0.717, 1.165) is 25.1 Å². The van der Waals surface area contributed by atoms with Crippen LogP contribution < -0.4 is 5.32 Å². The Kier molecular flexibility index (Phi) is 4.19. The lowest BCUT2D eigenvalue weighted by atomic mass is 9.98. The summed E-state index contributed by atoms with van der Waals surface area (Å²) in [6.07, 6.45) is -3.42. The predicted octanol–water partition coefficient (Wildman–Crippen LogP) is 3.26. The average Bonchev–Trinajstić information content (AvgIpc) is 3.26. The Morgan fingerprint density at radius 2 is 2.08 bits per heavy atom. The van der Waals surface area contributed by atoms with Gasteiger partial charge in [0.15, 0.2) is 0 Å². The molecule has 1 aliphatic heterocycles. The van der Waals surface area contributed by atoms with Gasteiger partial charge in [-0.05, 0) is 43.5 Å². The third-order valence-corrected chi connectivity index (χ3v) is 4.77. The Morgan fingerprint density at radius 3 is 2.54 bits per heavy atom. The summed E-state index contributed by atoms with van der Waals surface area (Å²) >= 11 is 0. The van der Waals surface area contributed by atoms with Crippen LogP contribution in [-0.2, 0) is 16.5 Å². The molecule has 1 N–H and O–H groups in total. The van der Waals surface area contributed by atoms with Gasteiger partial charge in [0.05, 0.1) is 18.2 Å². The van der Waals surface area contributed by atoms with E-state index in [2.05, 4.69) is 5.32 Å². The first-order valence-corrected chi connectivity index (χ1v) is 7.74. The van der Waals surface area contributed by atoms with Gasteiger partial charge in [0.1, 0.15) is 5.82 Å². The van der Waals surface area contributed by atoms with Crippen LogP contribution in [-0.4, -0.2) is 37.2 Å². The summed E-state index contributed by atoms with van der Waals surface area (Å²) in [5.41, 5.74) is -1.86. The number of nitrogens with one attached hydrogen (secondary N) is 1. The molecule has 4 nitrogen and oxygen atoms in total. The molecule has 24 heavy (non-hydrogen) atoms. The molecule has 1 saturated heterocycles. The molecule has 1 saturated carbocycles. The van der Waals surface area contributed by atoms with Crippen LogP contribution in [0.15, 0.2) is 18.2 Å². The molecule has 8 heteroatoms. The number of hydrogen-bond acceptors (Lipinski definition) is 3. The summed E-state index contributed by atoms with van der Waals surface area (Å²) < 4.78 is 57.3. The normalized spacial score (nSPS) is 21.8. The van der Waals surface area contributed by atoms with E-state index >= 15 is 0 Å². The van der Waals surface area contributed by atoms with Gasteiger partial charge in [-0.3, -0.25) is 4.90 Å². The van der Waals surface area contributed by atoms with Crippen LogP contribution in [0.2, 0.25) is 0 Å². The van der Waals surface area contributed by atoms with Crippen molar-refractivity contribution in [3.05, 3.63) is 35.1 Å². The van der Waals surface area contributed by atoms with E-state index in [0.29, 0.717) is 24.9 Å². The van der Waals surface area contributed by atoms with E-state index in [4.69, 9.17) is 4.74 Å². The predicted molar refractivity (Wildman–Crippen MR) is 77.8 cm³/mol. The summed E-state index contributed by atoms with van der Waals surface area (Å²) in [4.78, 5) is 13.6. The van der Waals surface area contributed by atoms with Crippen molar-refractivity contribution < 1.29 is 27.1 Å². The minimum absolute atomic E-state index is 0.101. The van der Waals surface area contributed by atoms with Crippen molar-refractivity contribution in [2.24, 2.45) is 0 Å². The number of hydrogen-bond donors (Lipinski definition) is 1. The lowest BCUT2D eigenvalue weighted by Gasteiger charge is -2.38. The summed E-state index contributed by atoms with van der Waals surface area (Å²) in [6.45, 7) is 1.20. The van der Waals surface area contributed by atoms with Crippen LogP contribution in [0.5, 0.6) is 0 Å². The first-order chi connectivity index (χ1) is 11.3. The van der Waals surface area contributed by atoms with Gasteiger partial charge in [0.2, 0.25) is 0 Å². The van der Waals surface area contributed by atoms with Gasteiger partial charge < -0.3 is 10.1 Å². The molecule has 2 aliphatic rings. The van der Waals surface area contributed by atoms with Crippen molar-refractivity contribution in [2.75, 3.05) is 20.2 Å². The minimum atomic E-state index is -4.78. The van der Waals surface area contributed by atoms with Gasteiger partial charge in [0, 0.05) is 12.6 Å². The molecule has 0 radical (unpaired) electrons. The summed E-state index contributed by atoms with van der Waals surface area (Å²) in [5, 5.41) is 3.16. The number of alkyl halides is 3. The summed E-state index contributed by atoms with van der Waals surface area (Å²) in [6, 6.07) is 3.05. The summed E-state index contributed by atoms with van der Waals surface area (Å²) in [5.74, 6) is -1.31. The molecule has 2 fully saturated rings. The lowest BCUT2D eigenvalue weighted by molar-refractivity contribution is -0.140. The van der Waals surface area contributed by atoms with Crippen molar-refractivity contribution in [1.82, 2.24) is 10.2 Å². The summed E-state index contributed by atoms with van der Waals surface area (Å²) in [7, 11) is 1.24. The molecule has 1 heterocycles. The Morgan fingerprint density at radius 1 is 1.42 bits per heavy atom. The molecule has 1 aromatic rings. The second kappa shape index (κ2) is 5.91. The highest BCUT2D eigenvalue weighted by molar-refractivity contribution is 5.70. The quantitative estimate of drug-likeness (QED) is 0.851. The van der Waals surface area contributed by atoms with Crippen LogP contribution in [0.25, 0.3) is 0 Å². The molecule has 0 aromatic heterocycles. The van der Waals surface area contributed by atoms with Gasteiger partial charge in [0.25, 0.3) is 0 Å². The zero-order valence-electron chi connectivity index (χ0n) is 13.1. The fraction of sp³-hybridized carbons (Fsp3) is 0.562. The molecular weight excluding hydrogens is 328 g/mol. The van der Waals surface area contributed by atoms with E-state index in [-0.39, 0.29) is 6.04 Å². The molecule has 3 rings (SSSR count). The monoisotopic (exact) mass is 346 g/mol. The van der Waals surface area contributed by atoms with Crippen molar-refractivity contribution in [3.8, 4) is 0 Å². The van der Waals surface area contributed by atoms with E-state index in [1.165, 1.54) is 18.1 Å². The Balaban J connectivity index is 1.94. The number of methoxy groups -OCH3 is 1. The van der Waals surface area contributed by atoms with Gasteiger partial charge in [-0.1, -0.05) is 6.07 Å². The molecule has 0 bridgehead atoms. The van der Waals surface area contributed by atoms with Crippen LogP contribution >= 0.6 is 0 Å². The number of ether oxygens (including phenoxy) is 1. The Hall–Kier alpha value is -1.83. The van der Waals surface area contributed by atoms with Crippen LogP contribution in [0.3, 0.4) is 0 Å². The molecule has 1 atom stereocenters. The molecule has 1 aromatic carbocycles. The van der Waals surface area contributed by atoms with Crippen LogP contribution in [0.4, 0.5) is 22.4 Å². The van der Waals surface area contributed by atoms with Crippen molar-refractivity contribution in [1.29, 1.82) is 0 Å². The highest BCUT2D eigenvalue weighted by Crippen LogP contribution is 2.52. The number of carbonyl (C=O) groups is 1. The number of rotatable bonds is 4. The van der Waals surface area contributed by atoms with E-state index in [1.54, 1.807) is 0 Å². The highest BCUT2D eigenvalue weighted by Gasteiger charge is 2.53. The average molecular weight is 346 g/mol. The molecule has 132 valence electrons. The van der Waals surface area contributed by atoms with Gasteiger partial charge in [-0.15, -0.1) is 0 Å². The van der Waals surface area contributed by atoms with Crippen LogP contribution in [0, 0.1) is 5.82 Å². The number of amides is 1. The van der Waals surface area contributed by atoms with Crippen molar-refractivity contribution >= 4 is 6.09 Å². The first-order valence-electron chi connectivity index (χ1n) is 7.74. The first kappa shape index (κ1) is 17.0. The molecule has 1 unspecified atom stereocenters. The minimum Gasteiger partial charge on any atom is -0.453 e. The second-order valence-electron chi connectivity index (χ2n) is 6.24. The SMILES string of the molecule is COC(=O)N(CC1CCN1)C1(c2ccc(F)c(C(F)(F)F)c2)CC1. The van der Waals surface area contributed by atoms with Crippen LogP contribution in [0.1, 0.15) is 30.4 Å². The molecule has 0 spiro atoms. The number of nitrogens with zero attached hydrogens (tertiary/aromatic N) is 1. The van der Waals surface area contributed by atoms with E-state index < -0.39 is 29.2 Å². The second-order valence-corrected chi connectivity index (χ2v) is 6.24. The largest absolute Gasteiger partial charge is 0.453 e. The van der Waals surface area contributed by atoms with E-state index in [9.17, 15) is 22.4 Å². The maximum atomic E-state index is 13.5. The Bertz CT molecular complexity index is 639. The van der Waals surface area contributed by atoms with Crippen molar-refractivity contribution in [3.63, 3.8) is 0 Å². The third kappa shape index (κ3) is 2.94. The maximum Gasteiger partial charge on any atom is 0.419 e. The Labute approximate surface area is 136 Å². The fourth-order valence-electron chi connectivity index (χ4n) is 3.12. The zero-order chi connectivity index (χ0) is 17.5. The topological polar surface area (TPSA) is 41.6 Å². The lowest BCUT2D eigenvalue weighted by Crippen LogP contribution is -2.54. The molecule has 1 aliphatic carbocycles. The highest BCUT2D eigenvalue weighted by atomic mass is 19.4. The van der Waals surface area contributed by atoms with Crippen molar-refractivity contribution in [2.45, 2.75) is 37.0 Å². The molecular formula is C16H18F4N2O2. The fourth-order valence-corrected chi connectivity index (χ4v) is 3.12. The van der Waals surface area contributed by atoms with Gasteiger partial charge in [-0.2, -0.15) is 13.2 Å². The zero-order valence-corrected chi connectivity index (χ0v) is 13.1. The standard InChI is InChI=1S/C16H18F4N2O2/c1-24-14(23)22(9-11-4-7-21-11)15(5-6-15)10-2-3-13(17)12(8-10)16(18,19)20/h2-3,8,11,21H,4-7,9H2,1H3. The van der Waals surface area contributed by atoms with E-state index in [1.807, 2.05) is 0 Å². The maximum absolute atomic E-state index is 13.5.